The second-order valence-electron chi connectivity index (χ2n) is 4.86. The number of likely N-dealkylation sites (N-methyl/N-ethyl adjacent to an activating group) is 1. The number of carbonyl (C=O) groups excluding carboxylic acids is 2. The molecule has 1 aliphatic heterocycles. The van der Waals surface area contributed by atoms with Crippen molar-refractivity contribution in [2.24, 2.45) is 5.92 Å². The van der Waals surface area contributed by atoms with Crippen LogP contribution in [0.25, 0.3) is 0 Å². The molecule has 0 bridgehead atoms. The van der Waals surface area contributed by atoms with Crippen LogP contribution in [0.3, 0.4) is 0 Å². The summed E-state index contributed by atoms with van der Waals surface area (Å²) >= 11 is 0. The van der Waals surface area contributed by atoms with Gasteiger partial charge < -0.3 is 15.1 Å². The molecule has 1 unspecified atom stereocenters. The van der Waals surface area contributed by atoms with Crippen LogP contribution in [0.4, 0.5) is 0 Å². The van der Waals surface area contributed by atoms with Crippen LogP contribution >= 0.6 is 0 Å². The quantitative estimate of drug-likeness (QED) is 0.752. The van der Waals surface area contributed by atoms with Gasteiger partial charge >= 0.3 is 0 Å². The average Bonchev–Trinajstić information content (AvgIpc) is 2.36. The molecule has 1 atom stereocenters. The second kappa shape index (κ2) is 6.00. The van der Waals surface area contributed by atoms with Crippen LogP contribution in [0.5, 0.6) is 0 Å². The number of amides is 2. The fraction of sp³-hybridized carbons (Fsp3) is 0.833. The minimum Gasteiger partial charge on any atom is -0.338 e. The Kier molecular flexibility index (Phi) is 4.93. The van der Waals surface area contributed by atoms with Gasteiger partial charge in [-0.3, -0.25) is 9.59 Å². The van der Waals surface area contributed by atoms with Gasteiger partial charge in [0.05, 0.1) is 0 Å². The highest BCUT2D eigenvalue weighted by Crippen LogP contribution is 2.07. The molecular weight excluding hydrogens is 218 g/mol. The highest BCUT2D eigenvalue weighted by atomic mass is 16.2. The lowest BCUT2D eigenvalue weighted by atomic mass is 10.1. The number of rotatable bonds is 3. The van der Waals surface area contributed by atoms with Crippen LogP contribution in [0.2, 0.25) is 0 Å². The van der Waals surface area contributed by atoms with Crippen LogP contribution in [0.1, 0.15) is 20.8 Å². The summed E-state index contributed by atoms with van der Waals surface area (Å²) in [6.45, 7) is 8.62. The van der Waals surface area contributed by atoms with E-state index >= 15 is 0 Å². The molecule has 0 aliphatic carbocycles. The molecule has 0 aromatic heterocycles. The van der Waals surface area contributed by atoms with Crippen molar-refractivity contribution in [3.8, 4) is 0 Å². The fourth-order valence-corrected chi connectivity index (χ4v) is 1.91. The molecule has 0 radical (unpaired) electrons. The minimum absolute atomic E-state index is 0.0148. The first-order valence-electron chi connectivity index (χ1n) is 6.21. The van der Waals surface area contributed by atoms with Crippen molar-refractivity contribution in [2.75, 3.05) is 33.2 Å². The summed E-state index contributed by atoms with van der Waals surface area (Å²) in [7, 11) is 1.70. The Morgan fingerprint density at radius 2 is 1.71 bits per heavy atom. The number of nitrogens with zero attached hydrogens (tertiary/aromatic N) is 2. The van der Waals surface area contributed by atoms with Crippen molar-refractivity contribution in [1.29, 1.82) is 0 Å². The topological polar surface area (TPSA) is 52.7 Å². The zero-order valence-electron chi connectivity index (χ0n) is 11.2. The highest BCUT2D eigenvalue weighted by Gasteiger charge is 2.28. The third-order valence-electron chi connectivity index (χ3n) is 3.21. The van der Waals surface area contributed by atoms with Crippen LogP contribution in [-0.4, -0.2) is 60.9 Å². The van der Waals surface area contributed by atoms with E-state index in [-0.39, 0.29) is 23.8 Å². The predicted octanol–water partition coefficient (Wildman–Crippen LogP) is -0.0789. The lowest BCUT2D eigenvalue weighted by molar-refractivity contribution is -0.145. The van der Waals surface area contributed by atoms with E-state index in [0.717, 1.165) is 26.2 Å². The van der Waals surface area contributed by atoms with Crippen molar-refractivity contribution in [3.63, 3.8) is 0 Å². The average molecular weight is 241 g/mol. The minimum atomic E-state index is -0.372. The molecule has 0 saturated carbocycles. The lowest BCUT2D eigenvalue weighted by Gasteiger charge is -2.33. The molecule has 1 N–H and O–H groups in total. The summed E-state index contributed by atoms with van der Waals surface area (Å²) in [5.41, 5.74) is 0. The Morgan fingerprint density at radius 1 is 1.18 bits per heavy atom. The monoisotopic (exact) mass is 241 g/mol. The molecule has 98 valence electrons. The van der Waals surface area contributed by atoms with E-state index in [1.165, 1.54) is 0 Å². The van der Waals surface area contributed by atoms with Gasteiger partial charge in [0.25, 0.3) is 0 Å². The standard InChI is InChI=1S/C12H23N3O2/c1-9(2)11(16)14(4)10(3)12(17)15-7-5-13-6-8-15/h9-10,13H,5-8H2,1-4H3. The molecule has 17 heavy (non-hydrogen) atoms. The van der Waals surface area contributed by atoms with Crippen molar-refractivity contribution in [3.05, 3.63) is 0 Å². The van der Waals surface area contributed by atoms with Crippen LogP contribution in [0.15, 0.2) is 0 Å². The molecule has 0 aromatic rings. The van der Waals surface area contributed by atoms with Gasteiger partial charge in [-0.1, -0.05) is 13.8 Å². The van der Waals surface area contributed by atoms with E-state index in [1.807, 2.05) is 18.7 Å². The molecule has 1 aliphatic rings. The summed E-state index contributed by atoms with van der Waals surface area (Å²) < 4.78 is 0. The Labute approximate surface area is 103 Å². The molecule has 5 heteroatoms. The SMILES string of the molecule is CC(C)C(=O)N(C)C(C)C(=O)N1CCNCC1. The molecule has 1 heterocycles. The maximum atomic E-state index is 12.2. The predicted molar refractivity (Wildman–Crippen MR) is 66.5 cm³/mol. The zero-order valence-corrected chi connectivity index (χ0v) is 11.2. The van der Waals surface area contributed by atoms with Crippen LogP contribution in [-0.2, 0) is 9.59 Å². The second-order valence-corrected chi connectivity index (χ2v) is 4.86. The molecule has 2 amide bonds. The Hall–Kier alpha value is -1.10. The first-order valence-corrected chi connectivity index (χ1v) is 6.21. The Balaban J connectivity index is 2.58. The van der Waals surface area contributed by atoms with E-state index in [4.69, 9.17) is 0 Å². The third-order valence-corrected chi connectivity index (χ3v) is 3.21. The Morgan fingerprint density at radius 3 is 2.18 bits per heavy atom. The summed E-state index contributed by atoms with van der Waals surface area (Å²) in [6.07, 6.45) is 0. The number of hydrogen-bond donors (Lipinski definition) is 1. The Bertz CT molecular complexity index is 285. The van der Waals surface area contributed by atoms with E-state index in [2.05, 4.69) is 5.32 Å². The highest BCUT2D eigenvalue weighted by molar-refractivity contribution is 5.87. The molecule has 5 nitrogen and oxygen atoms in total. The first-order chi connectivity index (χ1) is 7.95. The van der Waals surface area contributed by atoms with Gasteiger partial charge in [0, 0.05) is 39.1 Å². The fourth-order valence-electron chi connectivity index (χ4n) is 1.91. The molecular formula is C12H23N3O2. The summed E-state index contributed by atoms with van der Waals surface area (Å²) in [5.74, 6) is -0.0118. The molecule has 0 aromatic carbocycles. The number of piperazine rings is 1. The largest absolute Gasteiger partial charge is 0.338 e. The maximum Gasteiger partial charge on any atom is 0.245 e. The van der Waals surface area contributed by atoms with Crippen molar-refractivity contribution < 1.29 is 9.59 Å². The third kappa shape index (κ3) is 3.43. The number of nitrogens with one attached hydrogen (secondary N) is 1. The van der Waals surface area contributed by atoms with Gasteiger partial charge in [-0.2, -0.15) is 0 Å². The van der Waals surface area contributed by atoms with Crippen LogP contribution < -0.4 is 5.32 Å². The molecule has 1 saturated heterocycles. The molecule has 0 spiro atoms. The van der Waals surface area contributed by atoms with Gasteiger partial charge in [0.1, 0.15) is 6.04 Å². The number of hydrogen-bond acceptors (Lipinski definition) is 3. The summed E-state index contributed by atoms with van der Waals surface area (Å²) in [6, 6.07) is -0.372. The van der Waals surface area contributed by atoms with Crippen molar-refractivity contribution in [1.82, 2.24) is 15.1 Å². The van der Waals surface area contributed by atoms with E-state index in [0.29, 0.717) is 0 Å². The van der Waals surface area contributed by atoms with Crippen molar-refractivity contribution in [2.45, 2.75) is 26.8 Å². The number of carbonyl (C=O) groups is 2. The molecule has 1 fully saturated rings. The van der Waals surface area contributed by atoms with E-state index in [1.54, 1.807) is 18.9 Å². The lowest BCUT2D eigenvalue weighted by Crippen LogP contribution is -2.53. The first kappa shape index (κ1) is 14.0. The smallest absolute Gasteiger partial charge is 0.245 e. The van der Waals surface area contributed by atoms with Gasteiger partial charge in [0.15, 0.2) is 0 Å². The van der Waals surface area contributed by atoms with E-state index in [9.17, 15) is 9.59 Å². The van der Waals surface area contributed by atoms with Gasteiger partial charge in [-0.15, -0.1) is 0 Å². The van der Waals surface area contributed by atoms with Crippen LogP contribution in [0, 0.1) is 5.92 Å². The summed E-state index contributed by atoms with van der Waals surface area (Å²) in [5, 5.41) is 3.20. The zero-order chi connectivity index (χ0) is 13.0. The van der Waals surface area contributed by atoms with E-state index < -0.39 is 0 Å². The molecule has 1 rings (SSSR count). The van der Waals surface area contributed by atoms with Gasteiger partial charge in [0.2, 0.25) is 11.8 Å². The van der Waals surface area contributed by atoms with Crippen molar-refractivity contribution >= 4 is 11.8 Å². The maximum absolute atomic E-state index is 12.2. The normalized spacial score (nSPS) is 18.1. The summed E-state index contributed by atoms with van der Waals surface area (Å²) in [4.78, 5) is 27.4. The van der Waals surface area contributed by atoms with Gasteiger partial charge in [-0.25, -0.2) is 0 Å². The van der Waals surface area contributed by atoms with Gasteiger partial charge in [-0.05, 0) is 6.92 Å².